The van der Waals surface area contributed by atoms with Crippen LogP contribution >= 0.6 is 23.2 Å². The summed E-state index contributed by atoms with van der Waals surface area (Å²) >= 11 is 12.1. The molecular formula is C17H17Cl2N3O3. The summed E-state index contributed by atoms with van der Waals surface area (Å²) in [6.07, 6.45) is 2.88. The number of rotatable bonds is 3. The summed E-state index contributed by atoms with van der Waals surface area (Å²) in [5.74, 6) is -1.68. The Bertz CT molecular complexity index is 821. The molecule has 1 aromatic heterocycles. The van der Waals surface area contributed by atoms with Crippen molar-refractivity contribution in [3.63, 3.8) is 0 Å². The maximum absolute atomic E-state index is 12.8. The van der Waals surface area contributed by atoms with Crippen LogP contribution in [0.3, 0.4) is 0 Å². The van der Waals surface area contributed by atoms with E-state index in [0.717, 1.165) is 0 Å². The Morgan fingerprint density at radius 3 is 2.68 bits per heavy atom. The molecule has 1 aliphatic heterocycles. The van der Waals surface area contributed by atoms with Gasteiger partial charge in [-0.05, 0) is 44.0 Å². The predicted octanol–water partition coefficient (Wildman–Crippen LogP) is 3.50. The highest BCUT2D eigenvalue weighted by Gasteiger charge is 2.33. The van der Waals surface area contributed by atoms with Crippen LogP contribution in [0.5, 0.6) is 0 Å². The van der Waals surface area contributed by atoms with E-state index in [-0.39, 0.29) is 24.2 Å². The number of carbonyl (C=O) groups is 2. The fourth-order valence-corrected chi connectivity index (χ4v) is 3.47. The van der Waals surface area contributed by atoms with E-state index in [4.69, 9.17) is 23.2 Å². The number of aliphatic carboxylic acids is 1. The predicted molar refractivity (Wildman–Crippen MR) is 94.4 cm³/mol. The molecule has 0 radical (unpaired) electrons. The SMILES string of the molecule is CC1CCC(C(=O)O)CN1C(=O)c1ccn(-c2ccc(Cl)cc2Cl)n1. The lowest BCUT2D eigenvalue weighted by Gasteiger charge is -2.36. The minimum absolute atomic E-state index is 0.0210. The second-order valence-corrected chi connectivity index (χ2v) is 7.00. The molecule has 1 aliphatic rings. The van der Waals surface area contributed by atoms with Gasteiger partial charge in [0, 0.05) is 23.8 Å². The summed E-state index contributed by atoms with van der Waals surface area (Å²) < 4.78 is 1.51. The first kappa shape index (κ1) is 17.8. The van der Waals surface area contributed by atoms with Gasteiger partial charge in [0.25, 0.3) is 5.91 Å². The fraction of sp³-hybridized carbons (Fsp3) is 0.353. The Kier molecular flexibility index (Phi) is 5.01. The number of benzene rings is 1. The van der Waals surface area contributed by atoms with Gasteiger partial charge in [0.1, 0.15) is 0 Å². The van der Waals surface area contributed by atoms with Crippen LogP contribution < -0.4 is 0 Å². The molecule has 3 rings (SSSR count). The van der Waals surface area contributed by atoms with Crippen LogP contribution in [-0.4, -0.2) is 44.3 Å². The van der Waals surface area contributed by atoms with E-state index in [9.17, 15) is 14.7 Å². The highest BCUT2D eigenvalue weighted by molar-refractivity contribution is 6.35. The number of amides is 1. The molecule has 1 aromatic carbocycles. The van der Waals surface area contributed by atoms with Crippen molar-refractivity contribution in [3.05, 3.63) is 46.2 Å². The van der Waals surface area contributed by atoms with Crippen molar-refractivity contribution in [3.8, 4) is 5.69 Å². The number of likely N-dealkylation sites (tertiary alicyclic amines) is 1. The monoisotopic (exact) mass is 381 g/mol. The smallest absolute Gasteiger partial charge is 0.308 e. The zero-order valence-electron chi connectivity index (χ0n) is 13.5. The molecule has 0 saturated carbocycles. The molecule has 2 unspecified atom stereocenters. The second kappa shape index (κ2) is 7.06. The topological polar surface area (TPSA) is 75.4 Å². The third-order valence-electron chi connectivity index (χ3n) is 4.46. The Balaban J connectivity index is 1.83. The Morgan fingerprint density at radius 1 is 1.24 bits per heavy atom. The first-order valence-corrected chi connectivity index (χ1v) is 8.67. The highest BCUT2D eigenvalue weighted by Crippen LogP contribution is 2.26. The molecule has 2 aromatic rings. The fourth-order valence-electron chi connectivity index (χ4n) is 2.98. The molecule has 1 fully saturated rings. The van der Waals surface area contributed by atoms with Gasteiger partial charge in [-0.1, -0.05) is 23.2 Å². The molecule has 6 nitrogen and oxygen atoms in total. The van der Waals surface area contributed by atoms with Gasteiger partial charge >= 0.3 is 5.97 Å². The van der Waals surface area contributed by atoms with Crippen molar-refractivity contribution in [2.45, 2.75) is 25.8 Å². The number of hydrogen-bond donors (Lipinski definition) is 1. The summed E-state index contributed by atoms with van der Waals surface area (Å²) in [6, 6.07) is 6.59. The second-order valence-electron chi connectivity index (χ2n) is 6.16. The minimum Gasteiger partial charge on any atom is -0.481 e. The Labute approximate surface area is 154 Å². The number of carboxylic acid groups (broad SMARTS) is 1. The molecule has 132 valence electrons. The van der Waals surface area contributed by atoms with Gasteiger partial charge in [0.2, 0.25) is 0 Å². The van der Waals surface area contributed by atoms with Crippen LogP contribution in [0.15, 0.2) is 30.5 Å². The number of carbonyl (C=O) groups excluding carboxylic acids is 1. The number of carboxylic acids is 1. The van der Waals surface area contributed by atoms with E-state index in [1.807, 2.05) is 6.92 Å². The molecule has 0 bridgehead atoms. The molecule has 1 N–H and O–H groups in total. The van der Waals surface area contributed by atoms with E-state index in [1.54, 1.807) is 35.4 Å². The quantitative estimate of drug-likeness (QED) is 0.882. The van der Waals surface area contributed by atoms with Crippen LogP contribution in [0.1, 0.15) is 30.3 Å². The molecular weight excluding hydrogens is 365 g/mol. The van der Waals surface area contributed by atoms with Gasteiger partial charge in [-0.25, -0.2) is 4.68 Å². The number of nitrogens with zero attached hydrogens (tertiary/aromatic N) is 3. The zero-order valence-corrected chi connectivity index (χ0v) is 15.0. The first-order valence-electron chi connectivity index (χ1n) is 7.91. The molecule has 1 amide bonds. The number of halogens is 2. The number of hydrogen-bond acceptors (Lipinski definition) is 3. The van der Waals surface area contributed by atoms with E-state index in [1.165, 1.54) is 4.68 Å². The lowest BCUT2D eigenvalue weighted by molar-refractivity contribution is -0.143. The van der Waals surface area contributed by atoms with Gasteiger partial charge in [-0.3, -0.25) is 9.59 Å². The highest BCUT2D eigenvalue weighted by atomic mass is 35.5. The van der Waals surface area contributed by atoms with Gasteiger partial charge < -0.3 is 10.0 Å². The van der Waals surface area contributed by atoms with Gasteiger partial charge in [0.15, 0.2) is 5.69 Å². The van der Waals surface area contributed by atoms with Crippen LogP contribution in [0.25, 0.3) is 5.69 Å². The molecule has 2 heterocycles. The van der Waals surface area contributed by atoms with E-state index in [2.05, 4.69) is 5.10 Å². The van der Waals surface area contributed by atoms with Gasteiger partial charge in [0.05, 0.1) is 16.6 Å². The van der Waals surface area contributed by atoms with Crippen LogP contribution in [0.4, 0.5) is 0 Å². The zero-order chi connectivity index (χ0) is 18.1. The van der Waals surface area contributed by atoms with Crippen LogP contribution in [0.2, 0.25) is 10.0 Å². The largest absolute Gasteiger partial charge is 0.481 e. The van der Waals surface area contributed by atoms with Gasteiger partial charge in [-0.15, -0.1) is 0 Å². The summed E-state index contributed by atoms with van der Waals surface area (Å²) in [4.78, 5) is 25.6. The lowest BCUT2D eigenvalue weighted by atomic mass is 9.93. The third-order valence-corrected chi connectivity index (χ3v) is 4.99. The molecule has 2 atom stereocenters. The van der Waals surface area contributed by atoms with Crippen molar-refractivity contribution in [2.24, 2.45) is 5.92 Å². The first-order chi connectivity index (χ1) is 11.9. The number of piperidine rings is 1. The molecule has 0 spiro atoms. The van der Waals surface area contributed by atoms with Gasteiger partial charge in [-0.2, -0.15) is 5.10 Å². The molecule has 25 heavy (non-hydrogen) atoms. The summed E-state index contributed by atoms with van der Waals surface area (Å²) in [5, 5.41) is 14.5. The average molecular weight is 382 g/mol. The molecule has 8 heteroatoms. The van der Waals surface area contributed by atoms with Crippen LogP contribution in [-0.2, 0) is 4.79 Å². The van der Waals surface area contributed by atoms with E-state index in [0.29, 0.717) is 28.6 Å². The lowest BCUT2D eigenvalue weighted by Crippen LogP contribution is -2.47. The minimum atomic E-state index is -0.872. The number of aromatic nitrogens is 2. The van der Waals surface area contributed by atoms with Crippen molar-refractivity contribution in [1.82, 2.24) is 14.7 Å². The van der Waals surface area contributed by atoms with E-state index < -0.39 is 11.9 Å². The van der Waals surface area contributed by atoms with Crippen molar-refractivity contribution in [2.75, 3.05) is 6.54 Å². The summed E-state index contributed by atoms with van der Waals surface area (Å²) in [7, 11) is 0. The summed E-state index contributed by atoms with van der Waals surface area (Å²) in [5.41, 5.74) is 0.865. The molecule has 1 saturated heterocycles. The summed E-state index contributed by atoms with van der Waals surface area (Å²) in [6.45, 7) is 2.12. The maximum atomic E-state index is 12.8. The van der Waals surface area contributed by atoms with Crippen molar-refractivity contribution < 1.29 is 14.7 Å². The van der Waals surface area contributed by atoms with Crippen LogP contribution in [0, 0.1) is 5.92 Å². The van der Waals surface area contributed by atoms with Crippen molar-refractivity contribution in [1.29, 1.82) is 0 Å². The Hall–Kier alpha value is -2.05. The van der Waals surface area contributed by atoms with E-state index >= 15 is 0 Å². The normalized spacial score (nSPS) is 20.5. The maximum Gasteiger partial charge on any atom is 0.308 e. The van der Waals surface area contributed by atoms with Crippen molar-refractivity contribution >= 4 is 35.1 Å². The molecule has 0 aliphatic carbocycles. The standard InChI is InChI=1S/C17H17Cl2N3O3/c1-10-2-3-11(17(24)25)9-21(10)16(23)14-6-7-22(20-14)15-5-4-12(18)8-13(15)19/h4-8,10-11H,2-3,9H2,1H3,(H,24,25). The Morgan fingerprint density at radius 2 is 2.00 bits per heavy atom. The third kappa shape index (κ3) is 3.65. The average Bonchev–Trinajstić information content (AvgIpc) is 3.04.